The number of nitrogens with zero attached hydrogens (tertiary/aromatic N) is 2. The van der Waals surface area contributed by atoms with Crippen molar-refractivity contribution in [2.24, 2.45) is 0 Å². The zero-order valence-corrected chi connectivity index (χ0v) is 14.4. The van der Waals surface area contributed by atoms with Crippen LogP contribution in [0.25, 0.3) is 0 Å². The Morgan fingerprint density at radius 3 is 2.63 bits per heavy atom. The normalized spacial score (nSPS) is 29.6. The third-order valence-corrected chi connectivity index (χ3v) is 6.05. The number of halogens is 2. The molecule has 2 N–H and O–H groups in total. The number of fused-ring (bicyclic) bond motifs is 3. The van der Waals surface area contributed by atoms with Crippen molar-refractivity contribution < 1.29 is 23.2 Å². The molecular formula is C18H18F2N4O3. The van der Waals surface area contributed by atoms with Gasteiger partial charge in [-0.25, -0.2) is 8.78 Å². The van der Waals surface area contributed by atoms with Crippen molar-refractivity contribution in [3.05, 3.63) is 28.8 Å². The van der Waals surface area contributed by atoms with Crippen molar-refractivity contribution in [1.82, 2.24) is 15.5 Å². The van der Waals surface area contributed by atoms with Crippen LogP contribution in [0.5, 0.6) is 0 Å². The van der Waals surface area contributed by atoms with Crippen molar-refractivity contribution >= 4 is 23.4 Å². The number of carbonyl (C=O) groups is 3. The molecule has 5 rings (SSSR count). The molecule has 3 fully saturated rings. The van der Waals surface area contributed by atoms with Gasteiger partial charge in [-0.3, -0.25) is 19.7 Å². The Morgan fingerprint density at radius 1 is 1.15 bits per heavy atom. The first-order valence-corrected chi connectivity index (χ1v) is 9.09. The van der Waals surface area contributed by atoms with E-state index < -0.39 is 35.4 Å². The van der Waals surface area contributed by atoms with Crippen molar-refractivity contribution in [1.29, 1.82) is 0 Å². The lowest BCUT2D eigenvalue weighted by Crippen LogP contribution is -2.52. The third-order valence-electron chi connectivity index (χ3n) is 6.05. The molecule has 3 unspecified atom stereocenters. The Bertz CT molecular complexity index is 890. The van der Waals surface area contributed by atoms with Gasteiger partial charge < -0.3 is 15.1 Å². The molecule has 142 valence electrons. The van der Waals surface area contributed by atoms with E-state index in [9.17, 15) is 18.8 Å². The molecule has 1 aromatic rings. The molecule has 0 spiro atoms. The van der Waals surface area contributed by atoms with Gasteiger partial charge in [0, 0.05) is 37.2 Å². The molecular weight excluding hydrogens is 358 g/mol. The van der Waals surface area contributed by atoms with Crippen molar-refractivity contribution in [2.75, 3.05) is 18.0 Å². The summed E-state index contributed by atoms with van der Waals surface area (Å²) in [5, 5.41) is 5.49. The van der Waals surface area contributed by atoms with Gasteiger partial charge >= 0.3 is 0 Å². The number of amides is 3. The van der Waals surface area contributed by atoms with Crippen LogP contribution in [0.1, 0.15) is 35.2 Å². The molecule has 0 aliphatic carbocycles. The lowest BCUT2D eigenvalue weighted by molar-refractivity contribution is -0.136. The van der Waals surface area contributed by atoms with Crippen LogP contribution in [-0.4, -0.2) is 53.8 Å². The van der Waals surface area contributed by atoms with E-state index in [4.69, 9.17) is 0 Å². The summed E-state index contributed by atoms with van der Waals surface area (Å²) in [4.78, 5) is 39.1. The van der Waals surface area contributed by atoms with Gasteiger partial charge in [0.05, 0.1) is 12.1 Å². The highest BCUT2D eigenvalue weighted by Gasteiger charge is 2.44. The second-order valence-electron chi connectivity index (χ2n) is 7.59. The minimum atomic E-state index is -0.847. The molecule has 4 aliphatic heterocycles. The summed E-state index contributed by atoms with van der Waals surface area (Å²) in [6, 6.07) is 0.506. The van der Waals surface area contributed by atoms with E-state index >= 15 is 4.39 Å². The van der Waals surface area contributed by atoms with Crippen LogP contribution >= 0.6 is 0 Å². The second kappa shape index (κ2) is 5.72. The molecule has 4 heterocycles. The molecule has 0 aromatic heterocycles. The van der Waals surface area contributed by atoms with Gasteiger partial charge in [-0.05, 0) is 18.9 Å². The topological polar surface area (TPSA) is 81.8 Å². The van der Waals surface area contributed by atoms with E-state index in [1.165, 1.54) is 4.90 Å². The minimum Gasteiger partial charge on any atom is -0.361 e. The molecule has 9 heteroatoms. The van der Waals surface area contributed by atoms with Gasteiger partial charge in [0.25, 0.3) is 5.91 Å². The highest BCUT2D eigenvalue weighted by atomic mass is 19.1. The Morgan fingerprint density at radius 2 is 1.96 bits per heavy atom. The first kappa shape index (κ1) is 16.6. The fraction of sp³-hybridized carbons (Fsp3) is 0.500. The molecule has 2 bridgehead atoms. The summed E-state index contributed by atoms with van der Waals surface area (Å²) in [6.07, 6.45) is 1.14. The maximum atomic E-state index is 15.2. The maximum Gasteiger partial charge on any atom is 0.255 e. The first-order valence-electron chi connectivity index (χ1n) is 9.09. The summed E-state index contributed by atoms with van der Waals surface area (Å²) in [5.74, 6) is -3.01. The lowest BCUT2D eigenvalue weighted by Gasteiger charge is -2.30. The van der Waals surface area contributed by atoms with Crippen LogP contribution in [0.4, 0.5) is 14.5 Å². The van der Waals surface area contributed by atoms with E-state index in [0.29, 0.717) is 13.1 Å². The molecule has 3 saturated heterocycles. The van der Waals surface area contributed by atoms with E-state index in [-0.39, 0.29) is 48.3 Å². The predicted molar refractivity (Wildman–Crippen MR) is 89.9 cm³/mol. The fourth-order valence-electron chi connectivity index (χ4n) is 4.72. The van der Waals surface area contributed by atoms with Gasteiger partial charge in [-0.1, -0.05) is 0 Å². The highest BCUT2D eigenvalue weighted by molar-refractivity contribution is 6.05. The number of hydrogen-bond acceptors (Lipinski definition) is 5. The molecule has 0 radical (unpaired) electrons. The fourth-order valence-corrected chi connectivity index (χ4v) is 4.72. The van der Waals surface area contributed by atoms with Crippen molar-refractivity contribution in [3.8, 4) is 0 Å². The molecule has 7 nitrogen and oxygen atoms in total. The Kier molecular flexibility index (Phi) is 3.52. The number of benzene rings is 1. The van der Waals surface area contributed by atoms with E-state index in [1.54, 1.807) is 4.90 Å². The van der Waals surface area contributed by atoms with Crippen molar-refractivity contribution in [2.45, 2.75) is 43.9 Å². The van der Waals surface area contributed by atoms with E-state index in [2.05, 4.69) is 10.6 Å². The number of hydrogen-bond donors (Lipinski definition) is 2. The Hall–Kier alpha value is -2.55. The first-order chi connectivity index (χ1) is 12.9. The monoisotopic (exact) mass is 376 g/mol. The van der Waals surface area contributed by atoms with Crippen LogP contribution < -0.4 is 15.5 Å². The smallest absolute Gasteiger partial charge is 0.255 e. The summed E-state index contributed by atoms with van der Waals surface area (Å²) in [5.41, 5.74) is -0.00145. The molecule has 1 aromatic carbocycles. The van der Waals surface area contributed by atoms with Crippen LogP contribution in [0.3, 0.4) is 0 Å². The number of carbonyl (C=O) groups excluding carboxylic acids is 3. The average Bonchev–Trinajstić information content (AvgIpc) is 3.31. The second-order valence-corrected chi connectivity index (χ2v) is 7.59. The number of imide groups is 1. The number of anilines is 1. The van der Waals surface area contributed by atoms with Crippen LogP contribution in [-0.2, 0) is 16.1 Å². The van der Waals surface area contributed by atoms with Crippen LogP contribution in [0.2, 0.25) is 0 Å². The zero-order chi connectivity index (χ0) is 18.9. The summed E-state index contributed by atoms with van der Waals surface area (Å²) < 4.78 is 30.0. The number of nitrogens with one attached hydrogen (secondary N) is 2. The largest absolute Gasteiger partial charge is 0.361 e. The number of piperazine rings is 1. The van der Waals surface area contributed by atoms with E-state index in [0.717, 1.165) is 12.5 Å². The van der Waals surface area contributed by atoms with Gasteiger partial charge in [0.1, 0.15) is 17.5 Å². The van der Waals surface area contributed by atoms with Crippen LogP contribution in [0.15, 0.2) is 6.07 Å². The number of rotatable bonds is 2. The van der Waals surface area contributed by atoms with Crippen LogP contribution in [0, 0.1) is 11.6 Å². The lowest BCUT2D eigenvalue weighted by atomic mass is 10.0. The summed E-state index contributed by atoms with van der Waals surface area (Å²) >= 11 is 0. The molecule has 4 aliphatic rings. The van der Waals surface area contributed by atoms with Gasteiger partial charge in [-0.15, -0.1) is 0 Å². The number of piperidine rings is 1. The van der Waals surface area contributed by atoms with E-state index in [1.807, 2.05) is 0 Å². The molecule has 27 heavy (non-hydrogen) atoms. The minimum absolute atomic E-state index is 0.0408. The van der Waals surface area contributed by atoms with Gasteiger partial charge in [-0.2, -0.15) is 0 Å². The average molecular weight is 376 g/mol. The molecule has 3 amide bonds. The quantitative estimate of drug-likeness (QED) is 0.725. The summed E-state index contributed by atoms with van der Waals surface area (Å²) in [6.45, 7) is 1.11. The van der Waals surface area contributed by atoms with Crippen molar-refractivity contribution in [3.63, 3.8) is 0 Å². The van der Waals surface area contributed by atoms with Gasteiger partial charge in [0.2, 0.25) is 11.8 Å². The van der Waals surface area contributed by atoms with Gasteiger partial charge in [0.15, 0.2) is 5.82 Å². The Labute approximate surface area is 153 Å². The SMILES string of the molecule is O=C1CCC(N2Cc3c(cc(F)c(N4CC5CC4CN5)c3F)C2=O)C(=O)N1. The molecule has 0 saturated carbocycles. The standard InChI is InChI=1S/C18H18F2N4O3/c19-12-4-10-11(15(20)16(12)23-6-8-3-9(23)5-21-8)7-24(18(10)27)13-1-2-14(25)22-17(13)26/h4,8-9,13,21H,1-3,5-7H2,(H,22,25,26). The highest BCUT2D eigenvalue weighted by Crippen LogP contribution is 2.39. The molecule has 3 atom stereocenters. The zero-order valence-electron chi connectivity index (χ0n) is 14.4. The summed E-state index contributed by atoms with van der Waals surface area (Å²) in [7, 11) is 0. The predicted octanol–water partition coefficient (Wildman–Crippen LogP) is 0.276. The Balaban J connectivity index is 1.49. The maximum absolute atomic E-state index is 15.2. The third kappa shape index (κ3) is 2.37.